The number of hydrogen-bond acceptors (Lipinski definition) is 2. The summed E-state index contributed by atoms with van der Waals surface area (Å²) in [7, 11) is 0. The van der Waals surface area contributed by atoms with Crippen LogP contribution in [0, 0.1) is 0 Å². The third kappa shape index (κ3) is 3120. The molecule has 0 heterocycles. The summed E-state index contributed by atoms with van der Waals surface area (Å²) in [5, 5.41) is 6.89. The summed E-state index contributed by atoms with van der Waals surface area (Å²) in [4.78, 5) is 8.36. The molecule has 0 rings (SSSR count). The maximum absolute atomic E-state index is 8.36. The van der Waals surface area contributed by atoms with Crippen LogP contribution in [0.1, 0.15) is 0 Å². The van der Waals surface area contributed by atoms with Gasteiger partial charge in [-0.1, -0.05) is 0 Å². The molecule has 0 aliphatic heterocycles. The Morgan fingerprint density at radius 3 is 1.50 bits per heavy atom. The molecule has 6 heavy (non-hydrogen) atoms. The molecule has 0 saturated heterocycles. The SMILES string of the molecule is O.O=CO.[O]=[Zr]. The van der Waals surface area contributed by atoms with Crippen molar-refractivity contribution in [2.45, 2.75) is 0 Å². The second-order valence-electron chi connectivity index (χ2n) is 0.105. The first kappa shape index (κ1) is 16.5. The Morgan fingerprint density at radius 2 is 1.50 bits per heavy atom. The second kappa shape index (κ2) is 69.8. The molecule has 36 valence electrons. The Morgan fingerprint density at radius 1 is 1.50 bits per heavy atom. The molecular formula is CH4O4Zr. The van der Waals surface area contributed by atoms with Crippen LogP contribution in [0.4, 0.5) is 0 Å². The molecule has 0 amide bonds. The van der Waals surface area contributed by atoms with E-state index >= 15 is 0 Å². The number of carbonyl (C=O) groups is 1. The van der Waals surface area contributed by atoms with Crippen molar-refractivity contribution >= 4 is 6.47 Å². The Kier molecular flexibility index (Phi) is 192. The quantitative estimate of drug-likeness (QED) is 0.462. The van der Waals surface area contributed by atoms with Gasteiger partial charge in [0, 0.05) is 0 Å². The molecule has 0 radical (unpaired) electrons. The van der Waals surface area contributed by atoms with Crippen LogP contribution in [-0.4, -0.2) is 17.1 Å². The van der Waals surface area contributed by atoms with E-state index < -0.39 is 0 Å². The molecule has 0 aromatic rings. The van der Waals surface area contributed by atoms with Gasteiger partial charge in [0.05, 0.1) is 0 Å². The van der Waals surface area contributed by atoms with E-state index in [2.05, 4.69) is 0 Å². The first-order chi connectivity index (χ1) is 2.41. The molecule has 0 aromatic heterocycles. The van der Waals surface area contributed by atoms with Gasteiger partial charge in [-0.25, -0.2) is 0 Å². The van der Waals surface area contributed by atoms with E-state index in [1.54, 1.807) is 0 Å². The van der Waals surface area contributed by atoms with Crippen LogP contribution in [0.15, 0.2) is 0 Å². The molecule has 4 nitrogen and oxygen atoms in total. The predicted molar refractivity (Wildman–Crippen MR) is 13.0 cm³/mol. The number of hydrogen-bond donors (Lipinski definition) is 1. The Labute approximate surface area is 49.8 Å². The fourth-order valence-electron chi connectivity index (χ4n) is 0. The predicted octanol–water partition coefficient (Wildman–Crippen LogP) is -1.25. The number of carboxylic acid groups (broad SMARTS) is 1. The molecule has 0 bridgehead atoms. The van der Waals surface area contributed by atoms with E-state index in [4.69, 9.17) is 12.7 Å². The molecule has 0 unspecified atom stereocenters. The second-order valence-corrected chi connectivity index (χ2v) is 0.105. The summed E-state index contributed by atoms with van der Waals surface area (Å²) in [6.07, 6.45) is 0. The summed E-state index contributed by atoms with van der Waals surface area (Å²) in [5.41, 5.74) is 0. The average Bonchev–Trinajstić information content (AvgIpc) is 1.46. The molecule has 0 aromatic carbocycles. The van der Waals surface area contributed by atoms with Crippen molar-refractivity contribution in [2.24, 2.45) is 0 Å². The minimum atomic E-state index is -0.250. The van der Waals surface area contributed by atoms with E-state index in [-0.39, 0.29) is 11.9 Å². The maximum atomic E-state index is 8.36. The third-order valence-electron chi connectivity index (χ3n) is 0. The van der Waals surface area contributed by atoms with Crippen LogP contribution < -0.4 is 0 Å². The normalized spacial score (nSPS) is 2.50. The fourth-order valence-corrected chi connectivity index (χ4v) is 0. The van der Waals surface area contributed by atoms with E-state index in [0.29, 0.717) is 24.7 Å². The Balaban J connectivity index is -0.0000000275. The van der Waals surface area contributed by atoms with E-state index in [1.807, 2.05) is 0 Å². The zero-order valence-electron chi connectivity index (χ0n) is 2.84. The van der Waals surface area contributed by atoms with Crippen LogP contribution in [0.2, 0.25) is 0 Å². The summed E-state index contributed by atoms with van der Waals surface area (Å²) in [6, 6.07) is 0. The van der Waals surface area contributed by atoms with Crippen molar-refractivity contribution in [3.63, 3.8) is 0 Å². The summed E-state index contributed by atoms with van der Waals surface area (Å²) < 4.78 is 8.34. The first-order valence-corrected chi connectivity index (χ1v) is 1.70. The van der Waals surface area contributed by atoms with Gasteiger partial charge in [-0.3, -0.25) is 4.79 Å². The standard InChI is InChI=1S/CH2O2.H2O.O.Zr/c2-1-3;;;/h1H,(H,2,3);1H2;;. The van der Waals surface area contributed by atoms with Crippen molar-refractivity contribution in [1.82, 2.24) is 0 Å². The van der Waals surface area contributed by atoms with E-state index in [1.165, 1.54) is 0 Å². The van der Waals surface area contributed by atoms with Gasteiger partial charge in [0.15, 0.2) is 0 Å². The molecule has 3 N–H and O–H groups in total. The van der Waals surface area contributed by atoms with Crippen LogP contribution in [0.25, 0.3) is 0 Å². The zero-order chi connectivity index (χ0) is 4.71. The van der Waals surface area contributed by atoms with Crippen molar-refractivity contribution in [3.8, 4) is 0 Å². The van der Waals surface area contributed by atoms with Gasteiger partial charge < -0.3 is 10.6 Å². The van der Waals surface area contributed by atoms with Gasteiger partial charge >= 0.3 is 27.5 Å². The van der Waals surface area contributed by atoms with Gasteiger partial charge in [-0.15, -0.1) is 0 Å². The van der Waals surface area contributed by atoms with Gasteiger partial charge in [-0.05, 0) is 0 Å². The Hall–Kier alpha value is 0.113. The van der Waals surface area contributed by atoms with Crippen molar-refractivity contribution in [3.05, 3.63) is 0 Å². The third-order valence-corrected chi connectivity index (χ3v) is 0. The summed E-state index contributed by atoms with van der Waals surface area (Å²) >= 11 is 0.300. The molecule has 0 atom stereocenters. The number of rotatable bonds is 0. The van der Waals surface area contributed by atoms with Gasteiger partial charge in [0.25, 0.3) is 6.47 Å². The van der Waals surface area contributed by atoms with Crippen LogP contribution in [0.5, 0.6) is 0 Å². The van der Waals surface area contributed by atoms with Gasteiger partial charge in [0.1, 0.15) is 0 Å². The van der Waals surface area contributed by atoms with Crippen LogP contribution in [0.3, 0.4) is 0 Å². The molecule has 0 aliphatic rings. The molecule has 0 spiro atoms. The minimum absolute atomic E-state index is 0. The topological polar surface area (TPSA) is 85.9 Å². The van der Waals surface area contributed by atoms with Gasteiger partial charge in [0.2, 0.25) is 0 Å². The fraction of sp³-hybridized carbons (Fsp3) is 0. The first-order valence-electron chi connectivity index (χ1n) is 0.698. The molecule has 0 saturated carbocycles. The van der Waals surface area contributed by atoms with Crippen molar-refractivity contribution in [1.29, 1.82) is 0 Å². The van der Waals surface area contributed by atoms with E-state index in [9.17, 15) is 0 Å². The average molecular weight is 171 g/mol. The summed E-state index contributed by atoms with van der Waals surface area (Å²) in [6.45, 7) is -0.250. The molecule has 5 heteroatoms. The van der Waals surface area contributed by atoms with Crippen LogP contribution >= 0.6 is 0 Å². The van der Waals surface area contributed by atoms with Crippen molar-refractivity contribution < 1.29 is 42.9 Å². The van der Waals surface area contributed by atoms with Crippen LogP contribution in [-0.2, 0) is 32.3 Å². The Bertz CT molecular complexity index is 21.5. The van der Waals surface area contributed by atoms with Gasteiger partial charge in [-0.2, -0.15) is 0 Å². The van der Waals surface area contributed by atoms with E-state index in [0.717, 1.165) is 0 Å². The molecular weight excluding hydrogens is 167 g/mol. The zero-order valence-corrected chi connectivity index (χ0v) is 5.30. The monoisotopic (exact) mass is 170 g/mol. The molecule has 0 fully saturated rings. The van der Waals surface area contributed by atoms with Crippen molar-refractivity contribution in [2.75, 3.05) is 0 Å². The summed E-state index contributed by atoms with van der Waals surface area (Å²) in [5.74, 6) is 0. The molecule has 0 aliphatic carbocycles.